The van der Waals surface area contributed by atoms with Crippen molar-refractivity contribution >= 4 is 11.4 Å². The molecule has 2 rings (SSSR count). The minimum absolute atomic E-state index is 0.0777. The second-order valence-corrected chi connectivity index (χ2v) is 5.04. The number of hydroxylamine groups is 1. The molecule has 2 aromatic rings. The van der Waals surface area contributed by atoms with E-state index < -0.39 is 11.7 Å². The standard InChI is InChI=1S/C18H16F3NO2/c1-24-22-12-16(17(23)10-13-6-3-2-4-7-13)14-8-5-9-15(11-14)18(19,20)21/h2-9,11-12,22H,10H2,1H3. The summed E-state index contributed by atoms with van der Waals surface area (Å²) in [5, 5.41) is 0. The summed E-state index contributed by atoms with van der Waals surface area (Å²) in [5.74, 6) is -0.315. The van der Waals surface area contributed by atoms with Crippen LogP contribution in [0, 0.1) is 0 Å². The normalized spacial score (nSPS) is 12.1. The molecule has 0 saturated carbocycles. The predicted octanol–water partition coefficient (Wildman–Crippen LogP) is 4.01. The number of ketones is 1. The van der Waals surface area contributed by atoms with Crippen LogP contribution in [-0.4, -0.2) is 12.9 Å². The third-order valence-electron chi connectivity index (χ3n) is 3.33. The van der Waals surface area contributed by atoms with E-state index in [1.165, 1.54) is 25.4 Å². The third kappa shape index (κ3) is 4.70. The van der Waals surface area contributed by atoms with E-state index in [2.05, 4.69) is 5.48 Å². The molecule has 2 aromatic carbocycles. The molecule has 0 aliphatic rings. The van der Waals surface area contributed by atoms with E-state index in [4.69, 9.17) is 4.84 Å². The number of hydrogen-bond donors (Lipinski definition) is 1. The van der Waals surface area contributed by atoms with Gasteiger partial charge in [-0.1, -0.05) is 42.5 Å². The van der Waals surface area contributed by atoms with Gasteiger partial charge in [-0.3, -0.25) is 15.1 Å². The minimum Gasteiger partial charge on any atom is -0.294 e. The van der Waals surface area contributed by atoms with E-state index in [1.54, 1.807) is 24.3 Å². The van der Waals surface area contributed by atoms with Crippen LogP contribution in [0.15, 0.2) is 60.8 Å². The summed E-state index contributed by atoms with van der Waals surface area (Å²) in [7, 11) is 1.35. The highest BCUT2D eigenvalue weighted by Crippen LogP contribution is 2.31. The molecule has 0 bridgehead atoms. The molecule has 0 aliphatic heterocycles. The Morgan fingerprint density at radius 2 is 1.83 bits per heavy atom. The quantitative estimate of drug-likeness (QED) is 0.640. The van der Waals surface area contributed by atoms with Gasteiger partial charge in [0.1, 0.15) is 0 Å². The summed E-state index contributed by atoms with van der Waals surface area (Å²) in [6.45, 7) is 0. The van der Waals surface area contributed by atoms with Crippen LogP contribution in [0.2, 0.25) is 0 Å². The van der Waals surface area contributed by atoms with Crippen LogP contribution in [0.5, 0.6) is 0 Å². The van der Waals surface area contributed by atoms with Gasteiger partial charge in [-0.15, -0.1) is 0 Å². The Kier molecular flexibility index (Phi) is 5.76. The summed E-state index contributed by atoms with van der Waals surface area (Å²) >= 11 is 0. The maximum Gasteiger partial charge on any atom is 0.416 e. The van der Waals surface area contributed by atoms with Gasteiger partial charge in [-0.05, 0) is 23.3 Å². The number of carbonyl (C=O) groups excluding carboxylic acids is 1. The molecule has 0 heterocycles. The molecule has 0 unspecified atom stereocenters. The van der Waals surface area contributed by atoms with Crippen molar-refractivity contribution < 1.29 is 22.8 Å². The molecule has 0 radical (unpaired) electrons. The number of rotatable bonds is 6. The fourth-order valence-corrected chi connectivity index (χ4v) is 2.18. The Hall–Kier alpha value is -2.60. The summed E-state index contributed by atoms with van der Waals surface area (Å²) < 4.78 is 38.7. The van der Waals surface area contributed by atoms with Gasteiger partial charge < -0.3 is 0 Å². The van der Waals surface area contributed by atoms with Gasteiger partial charge in [0, 0.05) is 18.2 Å². The molecule has 1 N–H and O–H groups in total. The zero-order valence-corrected chi connectivity index (χ0v) is 12.9. The van der Waals surface area contributed by atoms with Crippen molar-refractivity contribution in [1.29, 1.82) is 0 Å². The molecule has 0 fully saturated rings. The molecular formula is C18H16F3NO2. The number of Topliss-reactive ketones (excluding diaryl/α,β-unsaturated/α-hetero) is 1. The molecule has 126 valence electrons. The summed E-state index contributed by atoms with van der Waals surface area (Å²) in [6, 6.07) is 13.6. The molecule has 0 aliphatic carbocycles. The second-order valence-electron chi connectivity index (χ2n) is 5.04. The smallest absolute Gasteiger partial charge is 0.294 e. The molecule has 3 nitrogen and oxygen atoms in total. The highest BCUT2D eigenvalue weighted by molar-refractivity contribution is 6.21. The Labute approximate surface area is 137 Å². The first-order chi connectivity index (χ1) is 11.4. The Morgan fingerprint density at radius 3 is 2.46 bits per heavy atom. The minimum atomic E-state index is -4.47. The van der Waals surface area contributed by atoms with Crippen molar-refractivity contribution in [2.45, 2.75) is 12.6 Å². The number of alkyl halides is 3. The summed E-state index contributed by atoms with van der Waals surface area (Å²) in [4.78, 5) is 17.2. The number of halogens is 3. The largest absolute Gasteiger partial charge is 0.416 e. The first kappa shape index (κ1) is 17.7. The van der Waals surface area contributed by atoms with Crippen LogP contribution in [0.3, 0.4) is 0 Å². The van der Waals surface area contributed by atoms with E-state index in [9.17, 15) is 18.0 Å². The number of allylic oxidation sites excluding steroid dienone is 1. The number of benzene rings is 2. The molecular weight excluding hydrogens is 319 g/mol. The van der Waals surface area contributed by atoms with E-state index >= 15 is 0 Å². The van der Waals surface area contributed by atoms with E-state index in [1.807, 2.05) is 6.07 Å². The summed E-state index contributed by atoms with van der Waals surface area (Å²) in [6.07, 6.45) is -3.13. The van der Waals surface area contributed by atoms with Crippen molar-refractivity contribution in [3.63, 3.8) is 0 Å². The average molecular weight is 335 g/mol. The highest BCUT2D eigenvalue weighted by Gasteiger charge is 2.31. The Balaban J connectivity index is 2.34. The molecule has 0 amide bonds. The van der Waals surface area contributed by atoms with Crippen LogP contribution in [-0.2, 0) is 22.2 Å². The fourth-order valence-electron chi connectivity index (χ4n) is 2.18. The van der Waals surface area contributed by atoms with Crippen molar-refractivity contribution in [3.05, 3.63) is 77.5 Å². The molecule has 0 aromatic heterocycles. The number of carbonyl (C=O) groups is 1. The van der Waals surface area contributed by atoms with E-state index in [-0.39, 0.29) is 23.3 Å². The first-order valence-electron chi connectivity index (χ1n) is 7.15. The van der Waals surface area contributed by atoms with Crippen LogP contribution in [0.25, 0.3) is 5.57 Å². The van der Waals surface area contributed by atoms with Gasteiger partial charge in [-0.2, -0.15) is 13.2 Å². The molecule has 24 heavy (non-hydrogen) atoms. The van der Waals surface area contributed by atoms with Crippen molar-refractivity contribution in [2.24, 2.45) is 0 Å². The van der Waals surface area contributed by atoms with E-state index in [0.717, 1.165) is 17.7 Å². The van der Waals surface area contributed by atoms with Crippen LogP contribution < -0.4 is 5.48 Å². The SMILES string of the molecule is CONC=C(C(=O)Cc1ccccc1)c1cccc(C(F)(F)F)c1. The lowest BCUT2D eigenvalue weighted by Crippen LogP contribution is -2.12. The number of hydrogen-bond acceptors (Lipinski definition) is 3. The van der Waals surface area contributed by atoms with E-state index in [0.29, 0.717) is 0 Å². The van der Waals surface area contributed by atoms with Crippen LogP contribution in [0.4, 0.5) is 13.2 Å². The van der Waals surface area contributed by atoms with Gasteiger partial charge >= 0.3 is 6.18 Å². The van der Waals surface area contributed by atoms with Crippen LogP contribution >= 0.6 is 0 Å². The zero-order chi connectivity index (χ0) is 17.6. The zero-order valence-electron chi connectivity index (χ0n) is 12.9. The average Bonchev–Trinajstić information content (AvgIpc) is 2.55. The second kappa shape index (κ2) is 7.79. The molecule has 0 spiro atoms. The van der Waals surface area contributed by atoms with Crippen molar-refractivity contribution in [2.75, 3.05) is 7.11 Å². The first-order valence-corrected chi connectivity index (χ1v) is 7.15. The van der Waals surface area contributed by atoms with Gasteiger partial charge in [0.2, 0.25) is 0 Å². The maximum absolute atomic E-state index is 12.9. The van der Waals surface area contributed by atoms with Crippen LogP contribution in [0.1, 0.15) is 16.7 Å². The van der Waals surface area contributed by atoms with Gasteiger partial charge in [-0.25, -0.2) is 0 Å². The summed E-state index contributed by atoms with van der Waals surface area (Å²) in [5.41, 5.74) is 2.67. The predicted molar refractivity (Wildman–Crippen MR) is 84.7 cm³/mol. The van der Waals surface area contributed by atoms with Crippen molar-refractivity contribution in [1.82, 2.24) is 5.48 Å². The van der Waals surface area contributed by atoms with Gasteiger partial charge in [0.05, 0.1) is 12.7 Å². The Bertz CT molecular complexity index is 725. The molecule has 0 atom stereocenters. The topological polar surface area (TPSA) is 38.3 Å². The lowest BCUT2D eigenvalue weighted by molar-refractivity contribution is -0.137. The molecule has 6 heteroatoms. The lowest BCUT2D eigenvalue weighted by Gasteiger charge is -2.11. The van der Waals surface area contributed by atoms with Gasteiger partial charge in [0.25, 0.3) is 0 Å². The lowest BCUT2D eigenvalue weighted by atomic mass is 9.96. The van der Waals surface area contributed by atoms with Crippen molar-refractivity contribution in [3.8, 4) is 0 Å². The third-order valence-corrected chi connectivity index (χ3v) is 3.33. The molecule has 0 saturated heterocycles. The highest BCUT2D eigenvalue weighted by atomic mass is 19.4. The number of nitrogens with one attached hydrogen (secondary N) is 1. The fraction of sp³-hybridized carbons (Fsp3) is 0.167. The van der Waals surface area contributed by atoms with Gasteiger partial charge in [0.15, 0.2) is 5.78 Å². The maximum atomic E-state index is 12.9. The monoisotopic (exact) mass is 335 g/mol. The Morgan fingerprint density at radius 1 is 1.12 bits per heavy atom.